The summed E-state index contributed by atoms with van der Waals surface area (Å²) in [7, 11) is 0. The fourth-order valence-corrected chi connectivity index (χ4v) is 4.01. The SMILES string of the molecule is Cc1cc(C(C)NC(=O)NCC2(CCO)CCOC2)c(C)s1. The average molecular weight is 326 g/mol. The second-order valence-electron chi connectivity index (χ2n) is 6.19. The molecule has 6 heteroatoms. The van der Waals surface area contributed by atoms with Crippen LogP contribution in [-0.2, 0) is 4.74 Å². The molecule has 22 heavy (non-hydrogen) atoms. The van der Waals surface area contributed by atoms with Crippen molar-refractivity contribution in [1.82, 2.24) is 10.6 Å². The fraction of sp³-hybridized carbons (Fsp3) is 0.688. The van der Waals surface area contributed by atoms with Crippen molar-refractivity contribution in [3.63, 3.8) is 0 Å². The lowest BCUT2D eigenvalue weighted by molar-refractivity contribution is 0.125. The molecule has 5 nitrogen and oxygen atoms in total. The minimum absolute atomic E-state index is 0.0152. The predicted molar refractivity (Wildman–Crippen MR) is 88.3 cm³/mol. The molecule has 0 aromatic carbocycles. The van der Waals surface area contributed by atoms with Crippen LogP contribution in [0.15, 0.2) is 6.07 Å². The number of thiophene rings is 1. The zero-order valence-electron chi connectivity index (χ0n) is 13.6. The molecule has 0 bridgehead atoms. The molecule has 0 radical (unpaired) electrons. The van der Waals surface area contributed by atoms with Gasteiger partial charge in [0.1, 0.15) is 0 Å². The third kappa shape index (κ3) is 4.21. The summed E-state index contributed by atoms with van der Waals surface area (Å²) in [4.78, 5) is 14.6. The minimum atomic E-state index is -0.167. The zero-order chi connectivity index (χ0) is 16.2. The summed E-state index contributed by atoms with van der Waals surface area (Å²) >= 11 is 1.75. The Morgan fingerprint density at radius 2 is 2.32 bits per heavy atom. The van der Waals surface area contributed by atoms with Crippen LogP contribution in [0.2, 0.25) is 0 Å². The van der Waals surface area contributed by atoms with Gasteiger partial charge in [0, 0.05) is 34.9 Å². The number of hydrogen-bond donors (Lipinski definition) is 3. The van der Waals surface area contributed by atoms with E-state index in [0.717, 1.165) is 6.42 Å². The molecule has 2 heterocycles. The van der Waals surface area contributed by atoms with E-state index >= 15 is 0 Å². The molecular weight excluding hydrogens is 300 g/mol. The first-order valence-corrected chi connectivity index (χ1v) is 8.57. The van der Waals surface area contributed by atoms with E-state index in [9.17, 15) is 9.90 Å². The Hall–Kier alpha value is -1.11. The van der Waals surface area contributed by atoms with Crippen LogP contribution < -0.4 is 10.6 Å². The summed E-state index contributed by atoms with van der Waals surface area (Å²) in [5.41, 5.74) is 1.05. The van der Waals surface area contributed by atoms with Crippen LogP contribution in [0.25, 0.3) is 0 Å². The van der Waals surface area contributed by atoms with Gasteiger partial charge in [0.05, 0.1) is 12.6 Å². The van der Waals surface area contributed by atoms with Gasteiger partial charge >= 0.3 is 6.03 Å². The Morgan fingerprint density at radius 3 is 2.86 bits per heavy atom. The number of aliphatic hydroxyl groups is 1. The van der Waals surface area contributed by atoms with Gasteiger partial charge in [0.2, 0.25) is 0 Å². The maximum atomic E-state index is 12.1. The van der Waals surface area contributed by atoms with Gasteiger partial charge in [-0.15, -0.1) is 11.3 Å². The van der Waals surface area contributed by atoms with Crippen LogP contribution >= 0.6 is 11.3 Å². The van der Waals surface area contributed by atoms with Crippen molar-refractivity contribution in [2.75, 3.05) is 26.4 Å². The quantitative estimate of drug-likeness (QED) is 0.752. The smallest absolute Gasteiger partial charge is 0.315 e. The van der Waals surface area contributed by atoms with E-state index in [4.69, 9.17) is 4.74 Å². The van der Waals surface area contributed by atoms with Crippen molar-refractivity contribution >= 4 is 17.4 Å². The summed E-state index contributed by atoms with van der Waals surface area (Å²) in [6, 6.07) is 1.95. The number of urea groups is 1. The average Bonchev–Trinajstić information content (AvgIpc) is 3.04. The first-order valence-electron chi connectivity index (χ1n) is 7.76. The van der Waals surface area contributed by atoms with Crippen molar-refractivity contribution in [3.8, 4) is 0 Å². The highest BCUT2D eigenvalue weighted by Gasteiger charge is 2.34. The molecule has 124 valence electrons. The van der Waals surface area contributed by atoms with Crippen molar-refractivity contribution in [3.05, 3.63) is 21.4 Å². The fourth-order valence-electron chi connectivity index (χ4n) is 2.99. The van der Waals surface area contributed by atoms with Crippen LogP contribution in [0, 0.1) is 19.3 Å². The number of rotatable bonds is 6. The third-order valence-electron chi connectivity index (χ3n) is 4.34. The standard InChI is InChI=1S/C16H26N2O3S/c1-11-8-14(13(3)22-11)12(2)18-15(20)17-9-16(4-6-19)5-7-21-10-16/h8,12,19H,4-7,9-10H2,1-3H3,(H2,17,18,20). The van der Waals surface area contributed by atoms with Crippen LogP contribution in [0.5, 0.6) is 0 Å². The minimum Gasteiger partial charge on any atom is -0.396 e. The molecule has 1 saturated heterocycles. The van der Waals surface area contributed by atoms with Crippen LogP contribution in [0.3, 0.4) is 0 Å². The molecule has 1 aliphatic rings. The first-order chi connectivity index (χ1) is 10.5. The normalized spacial score (nSPS) is 22.5. The molecule has 0 aliphatic carbocycles. The molecule has 1 aromatic rings. The highest BCUT2D eigenvalue weighted by molar-refractivity contribution is 7.12. The Balaban J connectivity index is 1.86. The first kappa shape index (κ1) is 17.2. The van der Waals surface area contributed by atoms with Crippen LogP contribution in [0.4, 0.5) is 4.79 Å². The predicted octanol–water partition coefficient (Wildman–Crippen LogP) is 2.51. The summed E-state index contributed by atoms with van der Waals surface area (Å²) in [5, 5.41) is 15.1. The Kier molecular flexibility index (Phi) is 5.83. The lowest BCUT2D eigenvalue weighted by atomic mass is 9.84. The summed E-state index contributed by atoms with van der Waals surface area (Å²) in [6.45, 7) is 8.11. The molecule has 1 aromatic heterocycles. The second-order valence-corrected chi connectivity index (χ2v) is 7.65. The number of amides is 2. The molecule has 2 unspecified atom stereocenters. The van der Waals surface area contributed by atoms with Gasteiger partial charge < -0.3 is 20.5 Å². The van der Waals surface area contributed by atoms with E-state index in [0.29, 0.717) is 26.2 Å². The lowest BCUT2D eigenvalue weighted by Gasteiger charge is -2.27. The highest BCUT2D eigenvalue weighted by atomic mass is 32.1. The topological polar surface area (TPSA) is 70.6 Å². The molecule has 0 spiro atoms. The third-order valence-corrected chi connectivity index (χ3v) is 5.33. The number of aryl methyl sites for hydroxylation is 2. The monoisotopic (exact) mass is 326 g/mol. The Bertz CT molecular complexity index is 509. The second kappa shape index (κ2) is 7.44. The number of nitrogens with one attached hydrogen (secondary N) is 2. The maximum absolute atomic E-state index is 12.1. The summed E-state index contributed by atoms with van der Waals surface area (Å²) in [5.74, 6) is 0. The number of carbonyl (C=O) groups excluding carboxylic acids is 1. The Labute approximate surface area is 136 Å². The molecule has 3 N–H and O–H groups in total. The van der Waals surface area contributed by atoms with Crippen molar-refractivity contribution < 1.29 is 14.6 Å². The number of aliphatic hydroxyl groups excluding tert-OH is 1. The number of hydrogen-bond acceptors (Lipinski definition) is 4. The highest BCUT2D eigenvalue weighted by Crippen LogP contribution is 2.31. The van der Waals surface area contributed by atoms with Crippen molar-refractivity contribution in [1.29, 1.82) is 0 Å². The lowest BCUT2D eigenvalue weighted by Crippen LogP contribution is -2.44. The molecule has 1 fully saturated rings. The van der Waals surface area contributed by atoms with E-state index in [2.05, 4.69) is 30.5 Å². The van der Waals surface area contributed by atoms with Gasteiger partial charge in [-0.2, -0.15) is 0 Å². The van der Waals surface area contributed by atoms with Gasteiger partial charge in [-0.1, -0.05) is 0 Å². The maximum Gasteiger partial charge on any atom is 0.315 e. The van der Waals surface area contributed by atoms with Gasteiger partial charge in [-0.25, -0.2) is 4.79 Å². The molecule has 2 atom stereocenters. The zero-order valence-corrected chi connectivity index (χ0v) is 14.4. The number of carbonyl (C=O) groups is 1. The van der Waals surface area contributed by atoms with E-state index in [1.807, 2.05) is 6.92 Å². The van der Waals surface area contributed by atoms with Gasteiger partial charge in [0.25, 0.3) is 0 Å². The van der Waals surface area contributed by atoms with E-state index < -0.39 is 0 Å². The van der Waals surface area contributed by atoms with E-state index in [1.165, 1.54) is 15.3 Å². The van der Waals surface area contributed by atoms with E-state index in [-0.39, 0.29) is 24.1 Å². The molecule has 1 aliphatic heterocycles. The van der Waals surface area contributed by atoms with Crippen molar-refractivity contribution in [2.24, 2.45) is 5.41 Å². The van der Waals surface area contributed by atoms with Gasteiger partial charge in [-0.3, -0.25) is 0 Å². The Morgan fingerprint density at radius 1 is 1.55 bits per heavy atom. The molecule has 2 amide bonds. The molecule has 0 saturated carbocycles. The number of ether oxygens (including phenoxy) is 1. The van der Waals surface area contributed by atoms with Crippen LogP contribution in [-0.4, -0.2) is 37.5 Å². The van der Waals surface area contributed by atoms with Gasteiger partial charge in [-0.05, 0) is 45.2 Å². The van der Waals surface area contributed by atoms with Crippen molar-refractivity contribution in [2.45, 2.75) is 39.7 Å². The molecule has 2 rings (SSSR count). The van der Waals surface area contributed by atoms with E-state index in [1.54, 1.807) is 11.3 Å². The summed E-state index contributed by atoms with van der Waals surface area (Å²) in [6.07, 6.45) is 1.54. The molecular formula is C16H26N2O3S. The van der Waals surface area contributed by atoms with Gasteiger partial charge in [0.15, 0.2) is 0 Å². The largest absolute Gasteiger partial charge is 0.396 e. The van der Waals surface area contributed by atoms with Crippen LogP contribution in [0.1, 0.15) is 41.1 Å². The summed E-state index contributed by atoms with van der Waals surface area (Å²) < 4.78 is 5.43.